The van der Waals surface area contributed by atoms with Crippen LogP contribution in [0.4, 0.5) is 31.7 Å². The molecule has 0 bridgehead atoms. The third-order valence-corrected chi connectivity index (χ3v) is 3.68. The van der Waals surface area contributed by atoms with E-state index in [2.05, 4.69) is 20.9 Å². The van der Waals surface area contributed by atoms with Crippen LogP contribution >= 0.6 is 0 Å². The van der Waals surface area contributed by atoms with Crippen molar-refractivity contribution in [1.29, 1.82) is 0 Å². The topological polar surface area (TPSA) is 83.1 Å². The number of nitrogens with one attached hydrogen (secondary N) is 3. The van der Waals surface area contributed by atoms with Crippen molar-refractivity contribution < 1.29 is 18.4 Å². The van der Waals surface area contributed by atoms with E-state index in [1.807, 2.05) is 0 Å². The number of amides is 2. The first kappa shape index (κ1) is 19.0. The van der Waals surface area contributed by atoms with Gasteiger partial charge < -0.3 is 16.0 Å². The molecule has 2 aromatic carbocycles. The van der Waals surface area contributed by atoms with Gasteiger partial charge in [0.05, 0.1) is 5.69 Å². The molecular weight excluding hydrogens is 366 g/mol. The molecule has 0 fully saturated rings. The molecule has 3 aromatic rings. The maximum Gasteiger partial charge on any atom is 0.255 e. The minimum Gasteiger partial charge on any atom is -0.338 e. The zero-order chi connectivity index (χ0) is 20.1. The number of hydrogen-bond donors (Lipinski definition) is 3. The predicted octanol–water partition coefficient (Wildman–Crippen LogP) is 4.31. The lowest BCUT2D eigenvalue weighted by Gasteiger charge is -2.10. The lowest BCUT2D eigenvalue weighted by atomic mass is 10.2. The van der Waals surface area contributed by atoms with E-state index in [0.29, 0.717) is 16.9 Å². The molecule has 2 amide bonds. The Bertz CT molecular complexity index is 1020. The van der Waals surface area contributed by atoms with Gasteiger partial charge in [-0.2, -0.15) is 0 Å². The van der Waals surface area contributed by atoms with Crippen LogP contribution in [0, 0.1) is 11.6 Å². The summed E-state index contributed by atoms with van der Waals surface area (Å²) in [5.74, 6) is -1.80. The Kier molecular flexibility index (Phi) is 5.59. The van der Waals surface area contributed by atoms with Gasteiger partial charge in [0.1, 0.15) is 17.5 Å². The first-order chi connectivity index (χ1) is 13.4. The Morgan fingerprint density at radius 3 is 2.21 bits per heavy atom. The maximum absolute atomic E-state index is 13.8. The van der Waals surface area contributed by atoms with Crippen LogP contribution in [0.5, 0.6) is 0 Å². The molecule has 3 N–H and O–H groups in total. The molecule has 6 nitrogen and oxygen atoms in total. The number of halogens is 2. The summed E-state index contributed by atoms with van der Waals surface area (Å²) < 4.78 is 26.8. The van der Waals surface area contributed by atoms with Crippen molar-refractivity contribution in [2.24, 2.45) is 0 Å². The Hall–Kier alpha value is -3.81. The molecule has 142 valence electrons. The fourth-order valence-corrected chi connectivity index (χ4v) is 2.41. The Morgan fingerprint density at radius 2 is 1.57 bits per heavy atom. The predicted molar refractivity (Wildman–Crippen MR) is 103 cm³/mol. The molecule has 0 radical (unpaired) electrons. The van der Waals surface area contributed by atoms with Gasteiger partial charge >= 0.3 is 0 Å². The molecule has 28 heavy (non-hydrogen) atoms. The van der Waals surface area contributed by atoms with Gasteiger partial charge in [0.25, 0.3) is 5.91 Å². The van der Waals surface area contributed by atoms with Crippen molar-refractivity contribution in [2.75, 3.05) is 16.0 Å². The molecule has 0 aliphatic carbocycles. The monoisotopic (exact) mass is 382 g/mol. The number of hydrogen-bond acceptors (Lipinski definition) is 4. The highest BCUT2D eigenvalue weighted by Crippen LogP contribution is 2.20. The van der Waals surface area contributed by atoms with Gasteiger partial charge in [-0.05, 0) is 48.5 Å². The summed E-state index contributed by atoms with van der Waals surface area (Å²) in [6, 6.07) is 12.7. The molecule has 0 atom stereocenters. The van der Waals surface area contributed by atoms with E-state index in [4.69, 9.17) is 0 Å². The van der Waals surface area contributed by atoms with Crippen LogP contribution in [0.2, 0.25) is 0 Å². The van der Waals surface area contributed by atoms with E-state index >= 15 is 0 Å². The third-order valence-electron chi connectivity index (χ3n) is 3.68. The highest BCUT2D eigenvalue weighted by atomic mass is 19.1. The van der Waals surface area contributed by atoms with Gasteiger partial charge in [0.15, 0.2) is 0 Å². The summed E-state index contributed by atoms with van der Waals surface area (Å²) in [6.45, 7) is 1.41. The summed E-state index contributed by atoms with van der Waals surface area (Å²) in [7, 11) is 0. The van der Waals surface area contributed by atoms with Gasteiger partial charge in [-0.25, -0.2) is 13.8 Å². The number of benzene rings is 2. The van der Waals surface area contributed by atoms with Crippen molar-refractivity contribution in [1.82, 2.24) is 4.98 Å². The fraction of sp³-hybridized carbons (Fsp3) is 0.0500. The fourth-order valence-electron chi connectivity index (χ4n) is 2.41. The molecular formula is C20H16F2N4O2. The largest absolute Gasteiger partial charge is 0.338 e. The molecule has 0 saturated carbocycles. The lowest BCUT2D eigenvalue weighted by molar-refractivity contribution is -0.114. The number of anilines is 4. The van der Waals surface area contributed by atoms with Crippen molar-refractivity contribution in [3.8, 4) is 0 Å². The molecule has 1 heterocycles. The molecule has 3 rings (SSSR count). The number of nitrogens with zero attached hydrogens (tertiary/aromatic N) is 1. The molecule has 8 heteroatoms. The number of carbonyl (C=O) groups excluding carboxylic acids is 2. The van der Waals surface area contributed by atoms with E-state index < -0.39 is 17.5 Å². The van der Waals surface area contributed by atoms with Crippen LogP contribution in [-0.4, -0.2) is 16.8 Å². The average Bonchev–Trinajstić information content (AvgIpc) is 2.65. The summed E-state index contributed by atoms with van der Waals surface area (Å²) in [5, 5.41) is 8.06. The van der Waals surface area contributed by atoms with Gasteiger partial charge in [0, 0.05) is 36.1 Å². The van der Waals surface area contributed by atoms with Crippen LogP contribution in [0.3, 0.4) is 0 Å². The van der Waals surface area contributed by atoms with Crippen molar-refractivity contribution >= 4 is 34.7 Å². The minimum atomic E-state index is -0.768. The van der Waals surface area contributed by atoms with E-state index in [9.17, 15) is 18.4 Å². The maximum atomic E-state index is 13.8. The van der Waals surface area contributed by atoms with E-state index in [0.717, 1.165) is 12.1 Å². The minimum absolute atomic E-state index is 0.0417. The summed E-state index contributed by atoms with van der Waals surface area (Å²) >= 11 is 0. The first-order valence-corrected chi connectivity index (χ1v) is 8.28. The molecule has 0 aliphatic heterocycles. The number of rotatable bonds is 5. The van der Waals surface area contributed by atoms with Crippen LogP contribution in [-0.2, 0) is 4.79 Å². The first-order valence-electron chi connectivity index (χ1n) is 8.28. The van der Waals surface area contributed by atoms with Crippen LogP contribution < -0.4 is 16.0 Å². The zero-order valence-corrected chi connectivity index (χ0v) is 14.8. The highest BCUT2D eigenvalue weighted by Gasteiger charge is 2.10. The van der Waals surface area contributed by atoms with Crippen molar-refractivity contribution in [3.05, 3.63) is 78.0 Å². The van der Waals surface area contributed by atoms with E-state index in [-0.39, 0.29) is 17.4 Å². The second-order valence-electron chi connectivity index (χ2n) is 5.89. The smallest absolute Gasteiger partial charge is 0.255 e. The zero-order valence-electron chi connectivity index (χ0n) is 14.8. The summed E-state index contributed by atoms with van der Waals surface area (Å²) in [5.41, 5.74) is 1.49. The van der Waals surface area contributed by atoms with Crippen LogP contribution in [0.25, 0.3) is 0 Å². The average molecular weight is 382 g/mol. The molecule has 0 spiro atoms. The summed E-state index contributed by atoms with van der Waals surface area (Å²) in [6.07, 6.45) is 1.40. The molecule has 1 aromatic heterocycles. The Morgan fingerprint density at radius 1 is 0.893 bits per heavy atom. The van der Waals surface area contributed by atoms with E-state index in [1.54, 1.807) is 24.3 Å². The molecule has 0 unspecified atom stereocenters. The normalized spacial score (nSPS) is 10.2. The van der Waals surface area contributed by atoms with Gasteiger partial charge in [0.2, 0.25) is 5.91 Å². The van der Waals surface area contributed by atoms with Crippen molar-refractivity contribution in [3.63, 3.8) is 0 Å². The lowest BCUT2D eigenvalue weighted by Crippen LogP contribution is -2.12. The second kappa shape index (κ2) is 8.26. The number of carbonyl (C=O) groups is 2. The molecule has 0 aliphatic rings. The Labute approximate surface area is 159 Å². The SMILES string of the molecule is CC(=O)Nc1ccc(NC(=O)c2ccnc(Nc3ccc(F)cc3F)c2)cc1. The van der Waals surface area contributed by atoms with E-state index in [1.165, 1.54) is 31.3 Å². The van der Waals surface area contributed by atoms with Gasteiger partial charge in [-0.3, -0.25) is 9.59 Å². The van der Waals surface area contributed by atoms with Crippen LogP contribution in [0.15, 0.2) is 60.8 Å². The van der Waals surface area contributed by atoms with Gasteiger partial charge in [-0.15, -0.1) is 0 Å². The van der Waals surface area contributed by atoms with Gasteiger partial charge in [-0.1, -0.05) is 0 Å². The standard InChI is InChI=1S/C20H16F2N4O2/c1-12(27)24-15-3-5-16(6-4-15)25-20(28)13-8-9-23-19(10-13)26-18-7-2-14(21)11-17(18)22/h2-11H,1H3,(H,23,26)(H,24,27)(H,25,28). The highest BCUT2D eigenvalue weighted by molar-refractivity contribution is 6.04. The number of aromatic nitrogens is 1. The third kappa shape index (κ3) is 4.88. The van der Waals surface area contributed by atoms with Crippen LogP contribution in [0.1, 0.15) is 17.3 Å². The summed E-state index contributed by atoms with van der Waals surface area (Å²) in [4.78, 5) is 27.5. The van der Waals surface area contributed by atoms with Crippen molar-refractivity contribution in [2.45, 2.75) is 6.92 Å². The molecule has 0 saturated heterocycles. The quantitative estimate of drug-likeness (QED) is 0.614. The second-order valence-corrected chi connectivity index (χ2v) is 5.89. The number of pyridine rings is 1. The Balaban J connectivity index is 1.70.